The lowest BCUT2D eigenvalue weighted by Gasteiger charge is -2.28. The first-order valence-electron chi connectivity index (χ1n) is 18.6. The fourth-order valence-corrected chi connectivity index (χ4v) is 7.05. The van der Waals surface area contributed by atoms with Crippen molar-refractivity contribution in [2.45, 2.75) is 110 Å². The van der Waals surface area contributed by atoms with E-state index in [1.165, 1.54) is 25.7 Å². The number of hydrogen-bond acceptors (Lipinski definition) is 6. The highest BCUT2D eigenvalue weighted by molar-refractivity contribution is 5.91. The average Bonchev–Trinajstić information content (AvgIpc) is 3.11. The van der Waals surface area contributed by atoms with Crippen LogP contribution in [-0.4, -0.2) is 35.4 Å². The number of ether oxygens (including phenoxy) is 2. The maximum atomic E-state index is 16.2. The minimum absolute atomic E-state index is 0.0442. The second kappa shape index (κ2) is 19.5. The van der Waals surface area contributed by atoms with Crippen LogP contribution in [-0.2, 0) is 22.4 Å². The summed E-state index contributed by atoms with van der Waals surface area (Å²) in [5.74, 6) is 0.414. The Kier molecular flexibility index (Phi) is 15.2. The number of unbranched alkanes of at least 4 members (excludes halogenated alkanes) is 3. The van der Waals surface area contributed by atoms with Gasteiger partial charge in [-0.05, 0) is 148 Å². The van der Waals surface area contributed by atoms with Crippen LogP contribution in [0.4, 0.5) is 4.39 Å². The van der Waals surface area contributed by atoms with E-state index in [1.807, 2.05) is 30.3 Å². The van der Waals surface area contributed by atoms with Crippen molar-refractivity contribution in [2.75, 3.05) is 13.2 Å². The van der Waals surface area contributed by atoms with Crippen molar-refractivity contribution >= 4 is 11.9 Å². The van der Waals surface area contributed by atoms with Crippen molar-refractivity contribution in [2.24, 2.45) is 5.92 Å². The molecule has 0 spiro atoms. The number of aliphatic hydroxyl groups is 2. The van der Waals surface area contributed by atoms with E-state index in [-0.39, 0.29) is 30.2 Å². The average molecular weight is 699 g/mol. The minimum atomic E-state index is -0.573. The third kappa shape index (κ3) is 11.0. The number of aryl methyl sites for hydroxylation is 1. The zero-order valence-electron chi connectivity index (χ0n) is 30.7. The molecule has 2 N–H and O–H groups in total. The first-order chi connectivity index (χ1) is 24.6. The van der Waals surface area contributed by atoms with Gasteiger partial charge in [0.15, 0.2) is 0 Å². The minimum Gasteiger partial charge on any atom is -0.423 e. The van der Waals surface area contributed by atoms with E-state index >= 15 is 4.39 Å². The lowest BCUT2D eigenvalue weighted by molar-refractivity contribution is -0.131. The predicted octanol–water partition coefficient (Wildman–Crippen LogP) is 10.2. The van der Waals surface area contributed by atoms with Gasteiger partial charge in [-0.3, -0.25) is 0 Å². The van der Waals surface area contributed by atoms with E-state index in [4.69, 9.17) is 9.47 Å². The zero-order chi connectivity index (χ0) is 36.9. The van der Waals surface area contributed by atoms with Crippen molar-refractivity contribution in [3.63, 3.8) is 0 Å². The standard InChI is InChI=1S/C44H55FO6/c1-6-12-31-15-17-32(18-16-31)33-19-21-37(40(45)27-33)36-26-39(38(14-8-7-10-23-46)42(28-36)51-44(49)30(4)5)34-20-22-41(50-43(48)29(2)3)35(25-34)13-9-11-24-47/h19-22,25-28,31-32,46-47H,2,4,6-18,23-24H2,1,3,5H3. The molecule has 3 aromatic rings. The molecule has 1 saturated carbocycles. The fourth-order valence-electron chi connectivity index (χ4n) is 7.05. The summed E-state index contributed by atoms with van der Waals surface area (Å²) in [6, 6.07) is 14.8. The lowest BCUT2D eigenvalue weighted by atomic mass is 9.77. The van der Waals surface area contributed by atoms with Crippen LogP contribution in [0.15, 0.2) is 72.8 Å². The van der Waals surface area contributed by atoms with Gasteiger partial charge in [-0.1, -0.05) is 57.5 Å². The van der Waals surface area contributed by atoms with Crippen molar-refractivity contribution < 1.29 is 33.7 Å². The second-order valence-electron chi connectivity index (χ2n) is 14.1. The molecule has 0 amide bonds. The Balaban J connectivity index is 1.84. The van der Waals surface area contributed by atoms with E-state index in [2.05, 4.69) is 20.1 Å². The topological polar surface area (TPSA) is 93.1 Å². The van der Waals surface area contributed by atoms with Crippen molar-refractivity contribution in [3.05, 3.63) is 95.3 Å². The van der Waals surface area contributed by atoms with Gasteiger partial charge in [0.05, 0.1) is 0 Å². The second-order valence-corrected chi connectivity index (χ2v) is 14.1. The molecule has 1 aliphatic rings. The first-order valence-corrected chi connectivity index (χ1v) is 18.6. The molecule has 274 valence electrons. The third-order valence-corrected chi connectivity index (χ3v) is 9.94. The molecule has 51 heavy (non-hydrogen) atoms. The molecular weight excluding hydrogens is 643 g/mol. The molecule has 0 aliphatic heterocycles. The van der Waals surface area contributed by atoms with Gasteiger partial charge in [0, 0.05) is 35.5 Å². The highest BCUT2D eigenvalue weighted by Gasteiger charge is 2.24. The van der Waals surface area contributed by atoms with Gasteiger partial charge in [0.25, 0.3) is 0 Å². The summed E-state index contributed by atoms with van der Waals surface area (Å²) in [5, 5.41) is 18.9. The smallest absolute Gasteiger partial charge is 0.338 e. The summed E-state index contributed by atoms with van der Waals surface area (Å²) in [6.07, 6.45) is 11.4. The van der Waals surface area contributed by atoms with E-state index < -0.39 is 11.9 Å². The number of hydrogen-bond donors (Lipinski definition) is 2. The third-order valence-electron chi connectivity index (χ3n) is 9.94. The molecule has 0 radical (unpaired) electrons. The number of benzene rings is 3. The number of carbonyl (C=O) groups excluding carboxylic acids is 2. The Morgan fingerprint density at radius 3 is 2.02 bits per heavy atom. The molecule has 1 aliphatic carbocycles. The van der Waals surface area contributed by atoms with Crippen LogP contribution in [0.3, 0.4) is 0 Å². The van der Waals surface area contributed by atoms with E-state index in [1.54, 1.807) is 32.0 Å². The largest absolute Gasteiger partial charge is 0.423 e. The molecule has 1 fully saturated rings. The molecule has 4 rings (SSSR count). The monoisotopic (exact) mass is 698 g/mol. The molecule has 0 aromatic heterocycles. The number of carbonyl (C=O) groups is 2. The van der Waals surface area contributed by atoms with Gasteiger partial charge in [0.2, 0.25) is 0 Å². The van der Waals surface area contributed by atoms with Gasteiger partial charge >= 0.3 is 11.9 Å². The first kappa shape index (κ1) is 39.7. The Labute approximate surface area is 303 Å². The van der Waals surface area contributed by atoms with Crippen molar-refractivity contribution in [3.8, 4) is 33.8 Å². The van der Waals surface area contributed by atoms with Gasteiger partial charge in [-0.25, -0.2) is 14.0 Å². The molecule has 0 heterocycles. The predicted molar refractivity (Wildman–Crippen MR) is 202 cm³/mol. The maximum absolute atomic E-state index is 16.2. The Hall–Kier alpha value is -4.07. The summed E-state index contributed by atoms with van der Waals surface area (Å²) in [5.41, 5.74) is 5.63. The quantitative estimate of drug-likeness (QED) is 0.0595. The molecule has 7 heteroatoms. The Morgan fingerprint density at radius 1 is 0.745 bits per heavy atom. The van der Waals surface area contributed by atoms with Gasteiger partial charge in [-0.2, -0.15) is 0 Å². The van der Waals surface area contributed by atoms with Crippen LogP contribution in [0, 0.1) is 11.7 Å². The normalized spacial score (nSPS) is 15.7. The lowest BCUT2D eigenvalue weighted by Crippen LogP contribution is -2.13. The highest BCUT2D eigenvalue weighted by atomic mass is 19.1. The fraction of sp³-hybridized carbons (Fsp3) is 0.455. The van der Waals surface area contributed by atoms with E-state index in [0.29, 0.717) is 60.6 Å². The maximum Gasteiger partial charge on any atom is 0.338 e. The Morgan fingerprint density at radius 2 is 1.39 bits per heavy atom. The van der Waals surface area contributed by atoms with Crippen molar-refractivity contribution in [1.29, 1.82) is 0 Å². The van der Waals surface area contributed by atoms with Crippen LogP contribution in [0.1, 0.15) is 114 Å². The molecule has 0 bridgehead atoms. The highest BCUT2D eigenvalue weighted by Crippen LogP contribution is 2.42. The summed E-state index contributed by atoms with van der Waals surface area (Å²) in [7, 11) is 0. The Bertz CT molecular complexity index is 1680. The number of esters is 2. The van der Waals surface area contributed by atoms with Crippen LogP contribution in [0.2, 0.25) is 0 Å². The van der Waals surface area contributed by atoms with Gasteiger partial charge in [-0.15, -0.1) is 0 Å². The zero-order valence-corrected chi connectivity index (χ0v) is 30.7. The number of rotatable bonds is 18. The molecular formula is C44H55FO6. The summed E-state index contributed by atoms with van der Waals surface area (Å²) in [6.45, 7) is 13.0. The number of halogens is 1. The SMILES string of the molecule is C=C(C)C(=O)Oc1ccc(-c2cc(-c3ccc(C4CCC(CCC)CC4)cc3F)cc(OC(=O)C(=C)C)c2CCCCCO)cc1CCCCO. The molecule has 0 unspecified atom stereocenters. The van der Waals surface area contributed by atoms with Crippen LogP contribution in [0.25, 0.3) is 22.3 Å². The molecule has 6 nitrogen and oxygen atoms in total. The molecule has 0 saturated heterocycles. The van der Waals surface area contributed by atoms with Gasteiger partial charge < -0.3 is 19.7 Å². The summed E-state index contributed by atoms with van der Waals surface area (Å²) >= 11 is 0. The van der Waals surface area contributed by atoms with Crippen LogP contribution < -0.4 is 9.47 Å². The van der Waals surface area contributed by atoms with Gasteiger partial charge in [0.1, 0.15) is 17.3 Å². The summed E-state index contributed by atoms with van der Waals surface area (Å²) in [4.78, 5) is 25.5. The number of aliphatic hydroxyl groups excluding tert-OH is 2. The molecule has 3 aromatic carbocycles. The van der Waals surface area contributed by atoms with Crippen LogP contribution in [0.5, 0.6) is 11.5 Å². The van der Waals surface area contributed by atoms with Crippen molar-refractivity contribution in [1.82, 2.24) is 0 Å². The molecule has 0 atom stereocenters. The van der Waals surface area contributed by atoms with Crippen LogP contribution >= 0.6 is 0 Å². The van der Waals surface area contributed by atoms with E-state index in [9.17, 15) is 19.8 Å². The summed E-state index contributed by atoms with van der Waals surface area (Å²) < 4.78 is 27.8. The van der Waals surface area contributed by atoms with E-state index in [0.717, 1.165) is 59.4 Å².